The lowest BCUT2D eigenvalue weighted by Crippen LogP contribution is -2.28. The molecular formula is C9H10F4N2. The van der Waals surface area contributed by atoms with Gasteiger partial charge >= 0.3 is 6.18 Å². The number of hydrogen-bond donors (Lipinski definition) is 2. The predicted molar refractivity (Wildman–Crippen MR) is 47.1 cm³/mol. The third-order valence-electron chi connectivity index (χ3n) is 2.04. The van der Waals surface area contributed by atoms with Gasteiger partial charge in [0.2, 0.25) is 0 Å². The zero-order valence-corrected chi connectivity index (χ0v) is 7.90. The predicted octanol–water partition coefficient (Wildman–Crippen LogP) is 2.37. The molecule has 0 amide bonds. The molecule has 3 N–H and O–H groups in total. The van der Waals surface area contributed by atoms with Crippen molar-refractivity contribution < 1.29 is 17.6 Å². The summed E-state index contributed by atoms with van der Waals surface area (Å²) in [6, 6.07) is 1.91. The Morgan fingerprint density at radius 3 is 2.40 bits per heavy atom. The minimum atomic E-state index is -4.58. The third-order valence-corrected chi connectivity index (χ3v) is 2.04. The first-order valence-corrected chi connectivity index (χ1v) is 4.19. The molecule has 0 fully saturated rings. The highest BCUT2D eigenvalue weighted by molar-refractivity contribution is 5.33. The largest absolute Gasteiger partial charge is 0.416 e. The summed E-state index contributed by atoms with van der Waals surface area (Å²) in [7, 11) is 0. The van der Waals surface area contributed by atoms with Crippen LogP contribution in [0.5, 0.6) is 0 Å². The highest BCUT2D eigenvalue weighted by Gasteiger charge is 2.35. The molecule has 1 aromatic rings. The molecule has 0 radical (unpaired) electrons. The van der Waals surface area contributed by atoms with Crippen LogP contribution in [0.1, 0.15) is 24.1 Å². The molecule has 1 rings (SSSR count). The summed E-state index contributed by atoms with van der Waals surface area (Å²) in [6.45, 7) is 1.35. The molecule has 84 valence electrons. The van der Waals surface area contributed by atoms with Crippen LogP contribution < -0.4 is 11.3 Å². The molecule has 6 heteroatoms. The van der Waals surface area contributed by atoms with Gasteiger partial charge in [-0.15, -0.1) is 0 Å². The molecule has 0 heterocycles. The zero-order valence-electron chi connectivity index (χ0n) is 7.90. The van der Waals surface area contributed by atoms with E-state index in [9.17, 15) is 17.6 Å². The molecule has 0 aliphatic rings. The third kappa shape index (κ3) is 2.45. The number of hydrazine groups is 1. The fourth-order valence-corrected chi connectivity index (χ4v) is 1.31. The molecule has 1 atom stereocenters. The molecule has 15 heavy (non-hydrogen) atoms. The summed E-state index contributed by atoms with van der Waals surface area (Å²) < 4.78 is 50.7. The number of nitrogens with one attached hydrogen (secondary N) is 1. The van der Waals surface area contributed by atoms with Gasteiger partial charge in [-0.3, -0.25) is 11.3 Å². The van der Waals surface area contributed by atoms with Gasteiger partial charge in [0.05, 0.1) is 5.56 Å². The molecule has 1 aromatic carbocycles. The number of nitrogens with two attached hydrogens (primary N) is 1. The van der Waals surface area contributed by atoms with E-state index in [4.69, 9.17) is 5.84 Å². The Bertz CT molecular complexity index is 348. The van der Waals surface area contributed by atoms with Crippen LogP contribution in [0, 0.1) is 5.82 Å². The van der Waals surface area contributed by atoms with E-state index in [1.165, 1.54) is 6.92 Å². The SMILES string of the molecule is C[C@@H](NN)c1c(F)cccc1C(F)(F)F. The highest BCUT2D eigenvalue weighted by Crippen LogP contribution is 2.35. The van der Waals surface area contributed by atoms with E-state index in [1.54, 1.807) is 0 Å². The van der Waals surface area contributed by atoms with Gasteiger partial charge in [-0.2, -0.15) is 13.2 Å². The lowest BCUT2D eigenvalue weighted by molar-refractivity contribution is -0.138. The van der Waals surface area contributed by atoms with Gasteiger partial charge in [0.25, 0.3) is 0 Å². The fraction of sp³-hybridized carbons (Fsp3) is 0.333. The summed E-state index contributed by atoms with van der Waals surface area (Å²) in [6.07, 6.45) is -4.58. The van der Waals surface area contributed by atoms with Crippen LogP contribution in [0.15, 0.2) is 18.2 Å². The van der Waals surface area contributed by atoms with E-state index < -0.39 is 29.2 Å². The Balaban J connectivity index is 3.33. The van der Waals surface area contributed by atoms with Crippen molar-refractivity contribution in [3.8, 4) is 0 Å². The van der Waals surface area contributed by atoms with Crippen molar-refractivity contribution in [2.45, 2.75) is 19.1 Å². The summed E-state index contributed by atoms with van der Waals surface area (Å²) in [5, 5.41) is 0. The first-order chi connectivity index (χ1) is 6.88. The van der Waals surface area contributed by atoms with Gasteiger partial charge in [0.15, 0.2) is 0 Å². The first-order valence-electron chi connectivity index (χ1n) is 4.19. The number of alkyl halides is 3. The molecule has 0 saturated carbocycles. The van der Waals surface area contributed by atoms with Crippen molar-refractivity contribution >= 4 is 0 Å². The van der Waals surface area contributed by atoms with E-state index in [-0.39, 0.29) is 0 Å². The Kier molecular flexibility index (Phi) is 3.31. The fourth-order valence-electron chi connectivity index (χ4n) is 1.31. The van der Waals surface area contributed by atoms with Crippen LogP contribution in [-0.4, -0.2) is 0 Å². The second kappa shape index (κ2) is 4.16. The van der Waals surface area contributed by atoms with Gasteiger partial charge < -0.3 is 0 Å². The van der Waals surface area contributed by atoms with Crippen LogP contribution in [0.3, 0.4) is 0 Å². The summed E-state index contributed by atoms with van der Waals surface area (Å²) >= 11 is 0. The molecule has 0 saturated heterocycles. The van der Waals surface area contributed by atoms with Crippen molar-refractivity contribution in [2.75, 3.05) is 0 Å². The van der Waals surface area contributed by atoms with E-state index in [0.29, 0.717) is 0 Å². The van der Waals surface area contributed by atoms with Crippen molar-refractivity contribution in [1.29, 1.82) is 0 Å². The molecule has 0 unspecified atom stereocenters. The molecule has 2 nitrogen and oxygen atoms in total. The van der Waals surface area contributed by atoms with Crippen molar-refractivity contribution in [2.24, 2.45) is 5.84 Å². The average molecular weight is 222 g/mol. The van der Waals surface area contributed by atoms with Crippen LogP contribution in [0.2, 0.25) is 0 Å². The summed E-state index contributed by atoms with van der Waals surface area (Å²) in [5.74, 6) is 4.08. The Labute approximate surface area is 84.0 Å². The van der Waals surface area contributed by atoms with Crippen LogP contribution in [-0.2, 0) is 6.18 Å². The van der Waals surface area contributed by atoms with Gasteiger partial charge in [-0.05, 0) is 19.1 Å². The van der Waals surface area contributed by atoms with E-state index in [1.807, 2.05) is 0 Å². The lowest BCUT2D eigenvalue weighted by Gasteiger charge is -2.18. The summed E-state index contributed by atoms with van der Waals surface area (Å²) in [4.78, 5) is 0. The molecular weight excluding hydrogens is 212 g/mol. The number of benzene rings is 1. The minimum absolute atomic E-state index is 0.465. The number of rotatable bonds is 2. The molecule has 0 spiro atoms. The van der Waals surface area contributed by atoms with Crippen molar-refractivity contribution in [3.63, 3.8) is 0 Å². The van der Waals surface area contributed by atoms with E-state index in [2.05, 4.69) is 5.43 Å². The molecule has 0 bridgehead atoms. The van der Waals surface area contributed by atoms with Crippen LogP contribution in [0.4, 0.5) is 17.6 Å². The standard InChI is InChI=1S/C9H10F4N2/c1-5(15-14)8-6(9(11,12)13)3-2-4-7(8)10/h2-5,15H,14H2,1H3/t5-/m1/s1. The minimum Gasteiger partial charge on any atom is -0.271 e. The Morgan fingerprint density at radius 1 is 1.33 bits per heavy atom. The normalized spacial score (nSPS) is 14.0. The van der Waals surface area contributed by atoms with Gasteiger partial charge in [-0.1, -0.05) is 6.07 Å². The second-order valence-electron chi connectivity index (χ2n) is 3.09. The zero-order chi connectivity index (χ0) is 11.6. The molecule has 0 aromatic heterocycles. The smallest absolute Gasteiger partial charge is 0.271 e. The van der Waals surface area contributed by atoms with Gasteiger partial charge in [0.1, 0.15) is 5.82 Å². The van der Waals surface area contributed by atoms with Crippen molar-refractivity contribution in [3.05, 3.63) is 35.1 Å². The maximum absolute atomic E-state index is 13.2. The topological polar surface area (TPSA) is 38.0 Å². The number of hydrogen-bond acceptors (Lipinski definition) is 2. The Hall–Kier alpha value is -1.14. The second-order valence-corrected chi connectivity index (χ2v) is 3.09. The van der Waals surface area contributed by atoms with Crippen molar-refractivity contribution in [1.82, 2.24) is 5.43 Å². The first kappa shape index (κ1) is 11.9. The highest BCUT2D eigenvalue weighted by atomic mass is 19.4. The lowest BCUT2D eigenvalue weighted by atomic mass is 10.0. The number of halogens is 4. The monoisotopic (exact) mass is 222 g/mol. The van der Waals surface area contributed by atoms with E-state index in [0.717, 1.165) is 18.2 Å². The van der Waals surface area contributed by atoms with Gasteiger partial charge in [0, 0.05) is 11.6 Å². The maximum Gasteiger partial charge on any atom is 0.416 e. The maximum atomic E-state index is 13.2. The molecule has 0 aliphatic carbocycles. The average Bonchev–Trinajstić information content (AvgIpc) is 2.15. The van der Waals surface area contributed by atoms with E-state index >= 15 is 0 Å². The quantitative estimate of drug-likeness (QED) is 0.458. The molecule has 0 aliphatic heterocycles. The van der Waals surface area contributed by atoms with Gasteiger partial charge in [-0.25, -0.2) is 4.39 Å². The van der Waals surface area contributed by atoms with Crippen LogP contribution >= 0.6 is 0 Å². The summed E-state index contributed by atoms with van der Waals surface area (Å²) in [5.41, 5.74) is 0.623. The Morgan fingerprint density at radius 2 is 1.93 bits per heavy atom. The van der Waals surface area contributed by atoms with Crippen LogP contribution in [0.25, 0.3) is 0 Å².